The molecule has 0 spiro atoms. The maximum Gasteiger partial charge on any atom is 0.342 e. The van der Waals surface area contributed by atoms with Crippen molar-refractivity contribution >= 4 is 32.9 Å². The number of fused-ring (bicyclic) bond motifs is 1. The van der Waals surface area contributed by atoms with E-state index < -0.39 is 17.6 Å². The molecule has 6 heteroatoms. The van der Waals surface area contributed by atoms with Crippen LogP contribution < -0.4 is 0 Å². The Morgan fingerprint density at radius 2 is 1.87 bits per heavy atom. The van der Waals surface area contributed by atoms with E-state index in [1.807, 2.05) is 0 Å². The molecule has 0 amide bonds. The van der Waals surface area contributed by atoms with Crippen LogP contribution in [0.5, 0.6) is 0 Å². The van der Waals surface area contributed by atoms with Crippen molar-refractivity contribution in [3.05, 3.63) is 58.1 Å². The second-order valence-electron chi connectivity index (χ2n) is 4.77. The summed E-state index contributed by atoms with van der Waals surface area (Å²) in [6.07, 6.45) is 0. The molecular formula is C17H11BrF2O3. The van der Waals surface area contributed by atoms with Crippen molar-refractivity contribution < 1.29 is 22.7 Å². The van der Waals surface area contributed by atoms with Crippen molar-refractivity contribution in [2.45, 2.75) is 6.92 Å². The van der Waals surface area contributed by atoms with Gasteiger partial charge in [0.05, 0.1) is 16.5 Å². The number of halogens is 3. The van der Waals surface area contributed by atoms with E-state index in [1.165, 1.54) is 30.3 Å². The van der Waals surface area contributed by atoms with Crippen LogP contribution in [0.1, 0.15) is 17.3 Å². The fourth-order valence-corrected chi connectivity index (χ4v) is 2.66. The van der Waals surface area contributed by atoms with Crippen molar-refractivity contribution in [3.63, 3.8) is 0 Å². The summed E-state index contributed by atoms with van der Waals surface area (Å²) in [7, 11) is 0. The monoisotopic (exact) mass is 380 g/mol. The summed E-state index contributed by atoms with van der Waals surface area (Å²) in [5.41, 5.74) is 0.668. The molecule has 0 N–H and O–H groups in total. The number of ether oxygens (including phenoxy) is 1. The van der Waals surface area contributed by atoms with Gasteiger partial charge in [0.1, 0.15) is 28.5 Å². The molecule has 0 aliphatic rings. The zero-order chi connectivity index (χ0) is 16.6. The quantitative estimate of drug-likeness (QED) is 0.577. The van der Waals surface area contributed by atoms with E-state index >= 15 is 0 Å². The Bertz CT molecular complexity index is 885. The van der Waals surface area contributed by atoms with Crippen LogP contribution in [-0.2, 0) is 4.74 Å². The molecule has 0 saturated carbocycles. The highest BCUT2D eigenvalue weighted by Gasteiger charge is 2.26. The SMILES string of the molecule is CCOC(=O)c1c(-c2ccc(F)cc2)oc2ccc(Br)c(F)c12. The first-order chi connectivity index (χ1) is 11.0. The normalized spacial score (nSPS) is 11.0. The highest BCUT2D eigenvalue weighted by molar-refractivity contribution is 9.10. The maximum absolute atomic E-state index is 14.5. The number of carbonyl (C=O) groups excluding carboxylic acids is 1. The van der Waals surface area contributed by atoms with Gasteiger partial charge in [-0.1, -0.05) is 0 Å². The lowest BCUT2D eigenvalue weighted by Crippen LogP contribution is -2.06. The summed E-state index contributed by atoms with van der Waals surface area (Å²) in [5, 5.41) is 0.0390. The number of hydrogen-bond donors (Lipinski definition) is 0. The molecule has 0 atom stereocenters. The minimum Gasteiger partial charge on any atom is -0.462 e. The van der Waals surface area contributed by atoms with Crippen LogP contribution in [0.3, 0.4) is 0 Å². The molecule has 3 aromatic rings. The second kappa shape index (κ2) is 6.12. The molecule has 2 aromatic carbocycles. The van der Waals surface area contributed by atoms with Crippen LogP contribution in [0.4, 0.5) is 8.78 Å². The summed E-state index contributed by atoms with van der Waals surface area (Å²) in [4.78, 5) is 12.3. The average molecular weight is 381 g/mol. The number of furan rings is 1. The topological polar surface area (TPSA) is 39.4 Å². The van der Waals surface area contributed by atoms with Crippen LogP contribution in [-0.4, -0.2) is 12.6 Å². The standard InChI is InChI=1S/C17H11BrF2O3/c1-2-22-17(21)14-13-12(8-7-11(18)15(13)20)23-16(14)9-3-5-10(19)6-4-9/h3-8H,2H2,1H3. The fraction of sp³-hybridized carbons (Fsp3) is 0.118. The van der Waals surface area contributed by atoms with Gasteiger partial charge < -0.3 is 9.15 Å². The average Bonchev–Trinajstić information content (AvgIpc) is 2.92. The van der Waals surface area contributed by atoms with E-state index in [0.29, 0.717) is 5.56 Å². The molecule has 0 bridgehead atoms. The van der Waals surface area contributed by atoms with E-state index in [0.717, 1.165) is 0 Å². The van der Waals surface area contributed by atoms with E-state index in [9.17, 15) is 13.6 Å². The number of esters is 1. The van der Waals surface area contributed by atoms with Crippen molar-refractivity contribution in [1.82, 2.24) is 0 Å². The predicted molar refractivity (Wildman–Crippen MR) is 85.2 cm³/mol. The van der Waals surface area contributed by atoms with Gasteiger partial charge in [0.15, 0.2) is 0 Å². The Morgan fingerprint density at radius 1 is 1.17 bits per heavy atom. The Kier molecular flexibility index (Phi) is 4.17. The lowest BCUT2D eigenvalue weighted by Gasteiger charge is -2.04. The van der Waals surface area contributed by atoms with Crippen LogP contribution in [0.15, 0.2) is 45.3 Å². The Hall–Kier alpha value is -2.21. The van der Waals surface area contributed by atoms with Crippen molar-refractivity contribution in [1.29, 1.82) is 0 Å². The predicted octanol–water partition coefficient (Wildman–Crippen LogP) is 5.32. The number of carbonyl (C=O) groups is 1. The van der Waals surface area contributed by atoms with Gasteiger partial charge in [-0.25, -0.2) is 13.6 Å². The van der Waals surface area contributed by atoms with Gasteiger partial charge in [0.2, 0.25) is 0 Å². The zero-order valence-corrected chi connectivity index (χ0v) is 13.6. The molecule has 0 radical (unpaired) electrons. The minimum absolute atomic E-state index is 0.00717. The van der Waals surface area contributed by atoms with Crippen LogP contribution in [0, 0.1) is 11.6 Å². The summed E-state index contributed by atoms with van der Waals surface area (Å²) in [6, 6.07) is 8.45. The molecule has 0 unspecified atom stereocenters. The first-order valence-corrected chi connectivity index (χ1v) is 7.65. The Labute approximate surface area is 139 Å². The minimum atomic E-state index is -0.692. The van der Waals surface area contributed by atoms with Gasteiger partial charge in [-0.3, -0.25) is 0 Å². The Balaban J connectivity index is 2.32. The lowest BCUT2D eigenvalue weighted by atomic mass is 10.1. The molecule has 0 aliphatic carbocycles. The molecule has 0 saturated heterocycles. The van der Waals surface area contributed by atoms with Crippen molar-refractivity contribution in [2.24, 2.45) is 0 Å². The summed E-state index contributed by atoms with van der Waals surface area (Å²) in [5.74, 6) is -1.57. The van der Waals surface area contributed by atoms with Gasteiger partial charge in [-0.15, -0.1) is 0 Å². The van der Waals surface area contributed by atoms with Gasteiger partial charge in [0.25, 0.3) is 0 Å². The van der Waals surface area contributed by atoms with Crippen LogP contribution in [0.2, 0.25) is 0 Å². The van der Waals surface area contributed by atoms with Gasteiger partial charge >= 0.3 is 5.97 Å². The molecule has 118 valence electrons. The third kappa shape index (κ3) is 2.74. The maximum atomic E-state index is 14.5. The van der Waals surface area contributed by atoms with Gasteiger partial charge in [-0.05, 0) is 59.3 Å². The zero-order valence-electron chi connectivity index (χ0n) is 12.0. The van der Waals surface area contributed by atoms with E-state index in [-0.39, 0.29) is 33.4 Å². The van der Waals surface area contributed by atoms with Gasteiger partial charge in [-0.2, -0.15) is 0 Å². The molecule has 1 heterocycles. The molecule has 3 rings (SSSR count). The number of rotatable bonds is 3. The first-order valence-electron chi connectivity index (χ1n) is 6.86. The van der Waals surface area contributed by atoms with Gasteiger partial charge in [0, 0.05) is 5.56 Å². The fourth-order valence-electron chi connectivity index (χ4n) is 2.33. The van der Waals surface area contributed by atoms with Crippen molar-refractivity contribution in [3.8, 4) is 11.3 Å². The lowest BCUT2D eigenvalue weighted by molar-refractivity contribution is 0.0528. The van der Waals surface area contributed by atoms with Crippen LogP contribution >= 0.6 is 15.9 Å². The first kappa shape index (κ1) is 15.7. The van der Waals surface area contributed by atoms with E-state index in [1.54, 1.807) is 13.0 Å². The number of benzene rings is 2. The van der Waals surface area contributed by atoms with E-state index in [4.69, 9.17) is 9.15 Å². The smallest absolute Gasteiger partial charge is 0.342 e. The summed E-state index contributed by atoms with van der Waals surface area (Å²) < 4.78 is 38.5. The number of hydrogen-bond acceptors (Lipinski definition) is 3. The molecular weight excluding hydrogens is 370 g/mol. The highest BCUT2D eigenvalue weighted by atomic mass is 79.9. The van der Waals surface area contributed by atoms with Crippen LogP contribution in [0.25, 0.3) is 22.3 Å². The molecule has 0 aliphatic heterocycles. The highest BCUT2D eigenvalue weighted by Crippen LogP contribution is 2.37. The second-order valence-corrected chi connectivity index (χ2v) is 5.62. The molecule has 23 heavy (non-hydrogen) atoms. The third-order valence-electron chi connectivity index (χ3n) is 3.33. The molecule has 1 aromatic heterocycles. The van der Waals surface area contributed by atoms with Crippen molar-refractivity contribution in [2.75, 3.05) is 6.61 Å². The van der Waals surface area contributed by atoms with E-state index in [2.05, 4.69) is 15.9 Å². The largest absolute Gasteiger partial charge is 0.462 e. The Morgan fingerprint density at radius 3 is 2.52 bits per heavy atom. The molecule has 0 fully saturated rings. The summed E-state index contributed by atoms with van der Waals surface area (Å²) >= 11 is 3.10. The third-order valence-corrected chi connectivity index (χ3v) is 3.94. The molecule has 3 nitrogen and oxygen atoms in total. The summed E-state index contributed by atoms with van der Waals surface area (Å²) in [6.45, 7) is 1.80.